The molecule has 3 heterocycles. The topological polar surface area (TPSA) is 109 Å². The number of rotatable bonds is 5. The fourth-order valence-electron chi connectivity index (χ4n) is 3.09. The minimum absolute atomic E-state index is 0.336. The zero-order valence-corrected chi connectivity index (χ0v) is 15.6. The van der Waals surface area contributed by atoms with E-state index in [9.17, 15) is 0 Å². The maximum Gasteiger partial charge on any atom is 0.147 e. The Balaban J connectivity index is 2.02. The van der Waals surface area contributed by atoms with Gasteiger partial charge in [0.1, 0.15) is 17.0 Å². The molecule has 4 aromatic rings. The molecule has 0 aliphatic carbocycles. The zero-order chi connectivity index (χ0) is 19.5. The van der Waals surface area contributed by atoms with Crippen LogP contribution in [0.25, 0.3) is 39.2 Å². The Morgan fingerprint density at radius 3 is 3.00 bits per heavy atom. The standard InChI is InChI=1S/C20H16ClN7/c21-16-5-2-1-4-14(16)20-27-17-12-26-19-15(6-9-25-19)18(17)28(20)13(10-23)11-24-8-3-7-22/h1-2,4-6,9-12H,3,8,23H2,(H,25,26). The van der Waals surface area contributed by atoms with Gasteiger partial charge < -0.3 is 10.7 Å². The second-order valence-electron chi connectivity index (χ2n) is 6.02. The number of pyridine rings is 1. The summed E-state index contributed by atoms with van der Waals surface area (Å²) < 4.78 is 1.92. The molecule has 0 atom stereocenters. The Kier molecular flexibility index (Phi) is 4.79. The van der Waals surface area contributed by atoms with Crippen molar-refractivity contribution in [3.8, 4) is 17.5 Å². The van der Waals surface area contributed by atoms with Gasteiger partial charge >= 0.3 is 0 Å². The molecule has 138 valence electrons. The molecule has 8 heteroatoms. The highest BCUT2D eigenvalue weighted by Crippen LogP contribution is 2.34. The zero-order valence-electron chi connectivity index (χ0n) is 14.8. The predicted molar refractivity (Wildman–Crippen MR) is 112 cm³/mol. The summed E-state index contributed by atoms with van der Waals surface area (Å²) in [6.07, 6.45) is 7.00. The minimum Gasteiger partial charge on any atom is -0.403 e. The summed E-state index contributed by atoms with van der Waals surface area (Å²) in [6, 6.07) is 11.5. The number of benzene rings is 1. The summed E-state index contributed by atoms with van der Waals surface area (Å²) >= 11 is 6.45. The van der Waals surface area contributed by atoms with E-state index in [0.29, 0.717) is 35.0 Å². The van der Waals surface area contributed by atoms with Gasteiger partial charge in [-0.05, 0) is 18.2 Å². The van der Waals surface area contributed by atoms with Crippen molar-refractivity contribution in [3.63, 3.8) is 0 Å². The summed E-state index contributed by atoms with van der Waals surface area (Å²) in [5.74, 6) is 0.638. The SMILES string of the molecule is N#CCCN=CC(=CN)n1c(-c2ccccc2Cl)nc2cnc3[nH]ccc3c21. The van der Waals surface area contributed by atoms with Crippen molar-refractivity contribution in [3.05, 3.63) is 53.9 Å². The molecule has 0 aliphatic rings. The molecule has 4 rings (SSSR count). The van der Waals surface area contributed by atoms with Crippen LogP contribution < -0.4 is 5.73 Å². The number of nitriles is 1. The minimum atomic E-state index is 0.336. The van der Waals surface area contributed by atoms with Crippen molar-refractivity contribution in [2.75, 3.05) is 6.54 Å². The van der Waals surface area contributed by atoms with E-state index >= 15 is 0 Å². The Bertz CT molecular complexity index is 1260. The van der Waals surface area contributed by atoms with E-state index in [4.69, 9.17) is 27.6 Å². The molecule has 28 heavy (non-hydrogen) atoms. The molecule has 3 aromatic heterocycles. The number of H-pyrrole nitrogens is 1. The van der Waals surface area contributed by atoms with E-state index in [0.717, 1.165) is 22.1 Å². The molecule has 3 N–H and O–H groups in total. The average Bonchev–Trinajstić information content (AvgIpc) is 3.32. The van der Waals surface area contributed by atoms with Gasteiger partial charge in [0.25, 0.3) is 0 Å². The lowest BCUT2D eigenvalue weighted by molar-refractivity contribution is 1.02. The van der Waals surface area contributed by atoms with Crippen LogP contribution in [0.3, 0.4) is 0 Å². The van der Waals surface area contributed by atoms with E-state index in [1.54, 1.807) is 12.4 Å². The quantitative estimate of drug-likeness (QED) is 0.397. The molecule has 0 amide bonds. The highest BCUT2D eigenvalue weighted by atomic mass is 35.5. The van der Waals surface area contributed by atoms with Gasteiger partial charge in [0, 0.05) is 29.6 Å². The van der Waals surface area contributed by atoms with E-state index in [1.165, 1.54) is 6.20 Å². The third kappa shape index (κ3) is 3.00. The summed E-state index contributed by atoms with van der Waals surface area (Å²) in [5, 5.41) is 10.2. The van der Waals surface area contributed by atoms with E-state index in [-0.39, 0.29) is 0 Å². The Hall–Kier alpha value is -3.63. The molecule has 0 fully saturated rings. The molecular weight excluding hydrogens is 374 g/mol. The van der Waals surface area contributed by atoms with Gasteiger partial charge in [-0.2, -0.15) is 5.26 Å². The van der Waals surface area contributed by atoms with Crippen LogP contribution in [-0.2, 0) is 0 Å². The summed E-state index contributed by atoms with van der Waals surface area (Å²) in [4.78, 5) is 16.6. The first kappa shape index (κ1) is 17.8. The number of hydrogen-bond donors (Lipinski definition) is 2. The van der Waals surface area contributed by atoms with Gasteiger partial charge in [0.15, 0.2) is 0 Å². The highest BCUT2D eigenvalue weighted by molar-refractivity contribution is 6.33. The molecule has 0 unspecified atom stereocenters. The van der Waals surface area contributed by atoms with Crippen molar-refractivity contribution >= 4 is 45.6 Å². The normalized spacial score (nSPS) is 12.2. The first-order valence-corrected chi connectivity index (χ1v) is 9.01. The molecule has 0 saturated heterocycles. The molecule has 0 radical (unpaired) electrons. The van der Waals surface area contributed by atoms with Gasteiger partial charge in [-0.3, -0.25) is 9.56 Å². The van der Waals surface area contributed by atoms with Crippen LogP contribution in [0.15, 0.2) is 53.9 Å². The number of fused-ring (bicyclic) bond motifs is 3. The third-order valence-corrected chi connectivity index (χ3v) is 4.65. The van der Waals surface area contributed by atoms with Crippen LogP contribution in [0.5, 0.6) is 0 Å². The number of aromatic nitrogens is 4. The van der Waals surface area contributed by atoms with Crippen LogP contribution in [0.4, 0.5) is 0 Å². The Morgan fingerprint density at radius 2 is 2.21 bits per heavy atom. The molecule has 7 nitrogen and oxygen atoms in total. The fraction of sp³-hybridized carbons (Fsp3) is 0.100. The van der Waals surface area contributed by atoms with Gasteiger partial charge in [-0.25, -0.2) is 9.97 Å². The monoisotopic (exact) mass is 389 g/mol. The molecule has 0 aliphatic heterocycles. The number of nitrogens with zero attached hydrogens (tertiary/aromatic N) is 5. The van der Waals surface area contributed by atoms with Crippen LogP contribution in [0.1, 0.15) is 6.42 Å². The van der Waals surface area contributed by atoms with Crippen molar-refractivity contribution in [1.82, 2.24) is 19.5 Å². The lowest BCUT2D eigenvalue weighted by Crippen LogP contribution is -2.04. The lowest BCUT2D eigenvalue weighted by atomic mass is 10.2. The van der Waals surface area contributed by atoms with Crippen LogP contribution in [-0.4, -0.2) is 32.3 Å². The number of imidazole rings is 1. The molecular formula is C20H16ClN7. The highest BCUT2D eigenvalue weighted by Gasteiger charge is 2.19. The number of aliphatic imine (C=N–C) groups is 1. The summed E-state index contributed by atoms with van der Waals surface area (Å²) in [5.41, 5.74) is 9.67. The number of nitrogens with two attached hydrogens (primary N) is 1. The third-order valence-electron chi connectivity index (χ3n) is 4.32. The number of hydrogen-bond acceptors (Lipinski definition) is 5. The number of aromatic amines is 1. The van der Waals surface area contributed by atoms with Crippen molar-refractivity contribution in [2.24, 2.45) is 10.7 Å². The lowest BCUT2D eigenvalue weighted by Gasteiger charge is -2.11. The first-order valence-electron chi connectivity index (χ1n) is 8.63. The second kappa shape index (κ2) is 7.55. The maximum atomic E-state index is 8.73. The summed E-state index contributed by atoms with van der Waals surface area (Å²) in [6.45, 7) is 0.392. The van der Waals surface area contributed by atoms with Crippen molar-refractivity contribution in [1.29, 1.82) is 5.26 Å². The predicted octanol–water partition coefficient (Wildman–Crippen LogP) is 3.97. The average molecular weight is 390 g/mol. The molecule has 1 aromatic carbocycles. The van der Waals surface area contributed by atoms with Gasteiger partial charge in [0.2, 0.25) is 0 Å². The van der Waals surface area contributed by atoms with Crippen molar-refractivity contribution < 1.29 is 0 Å². The van der Waals surface area contributed by atoms with Gasteiger partial charge in [0.05, 0.1) is 41.5 Å². The fourth-order valence-corrected chi connectivity index (χ4v) is 3.31. The number of nitrogens with one attached hydrogen (secondary N) is 1. The smallest absolute Gasteiger partial charge is 0.147 e. The van der Waals surface area contributed by atoms with Crippen molar-refractivity contribution in [2.45, 2.75) is 6.42 Å². The van der Waals surface area contributed by atoms with Crippen LogP contribution in [0, 0.1) is 11.3 Å². The first-order chi connectivity index (χ1) is 13.7. The molecule has 0 saturated carbocycles. The molecule has 0 bridgehead atoms. The summed E-state index contributed by atoms with van der Waals surface area (Å²) in [7, 11) is 0. The van der Waals surface area contributed by atoms with E-state index in [2.05, 4.69) is 21.0 Å². The Morgan fingerprint density at radius 1 is 1.36 bits per heavy atom. The van der Waals surface area contributed by atoms with E-state index in [1.807, 2.05) is 41.1 Å². The Labute approximate surface area is 165 Å². The van der Waals surface area contributed by atoms with E-state index < -0.39 is 0 Å². The molecule has 0 spiro atoms. The number of halogens is 1. The van der Waals surface area contributed by atoms with Gasteiger partial charge in [-0.15, -0.1) is 0 Å². The maximum absolute atomic E-state index is 8.73. The van der Waals surface area contributed by atoms with Gasteiger partial charge in [-0.1, -0.05) is 23.7 Å². The van der Waals surface area contributed by atoms with Crippen LogP contribution >= 0.6 is 11.6 Å². The largest absolute Gasteiger partial charge is 0.403 e. The second-order valence-corrected chi connectivity index (χ2v) is 6.42. The van der Waals surface area contributed by atoms with Crippen LogP contribution in [0.2, 0.25) is 5.02 Å². The number of allylic oxidation sites excluding steroid dienone is 1.